The van der Waals surface area contributed by atoms with Crippen LogP contribution < -0.4 is 4.90 Å². The predicted molar refractivity (Wildman–Crippen MR) is 79.1 cm³/mol. The van der Waals surface area contributed by atoms with Gasteiger partial charge in [-0.25, -0.2) is 17.5 Å². The highest BCUT2D eigenvalue weighted by molar-refractivity contribution is 7.89. The summed E-state index contributed by atoms with van der Waals surface area (Å²) in [6.07, 6.45) is 0. The van der Waals surface area contributed by atoms with Crippen LogP contribution in [0.25, 0.3) is 0 Å². The number of hydrogen-bond acceptors (Lipinski definition) is 5. The molecule has 2 amide bonds. The monoisotopic (exact) mass is 321 g/mol. The third-order valence-electron chi connectivity index (χ3n) is 3.46. The number of hydrogen-bond donors (Lipinski definition) is 0. The van der Waals surface area contributed by atoms with E-state index in [1.165, 1.54) is 17.0 Å². The van der Waals surface area contributed by atoms with E-state index in [9.17, 15) is 13.2 Å². The predicted octanol–water partition coefficient (Wildman–Crippen LogP) is 1.92. The van der Waals surface area contributed by atoms with Crippen molar-refractivity contribution in [1.82, 2.24) is 9.46 Å². The lowest BCUT2D eigenvalue weighted by Crippen LogP contribution is -2.36. The highest BCUT2D eigenvalue weighted by atomic mass is 32.2. The molecule has 2 aromatic rings. The standard InChI is InChI=1S/C14H15N3O4S/c1-10-3-5-12(6-4-10)22(19,20)17-8-7-16(14(17)18)13-9-11(2)15-21-13/h3-6,9H,7-8H2,1-2H3. The van der Waals surface area contributed by atoms with Crippen LogP contribution in [0.4, 0.5) is 10.7 Å². The Balaban J connectivity index is 1.90. The molecule has 22 heavy (non-hydrogen) atoms. The summed E-state index contributed by atoms with van der Waals surface area (Å²) >= 11 is 0. The number of aryl methyl sites for hydroxylation is 2. The maximum atomic E-state index is 12.6. The maximum Gasteiger partial charge on any atom is 0.340 e. The molecule has 1 aromatic carbocycles. The zero-order valence-corrected chi connectivity index (χ0v) is 13.0. The zero-order valence-electron chi connectivity index (χ0n) is 12.2. The number of urea groups is 1. The minimum Gasteiger partial charge on any atom is -0.338 e. The van der Waals surface area contributed by atoms with E-state index in [0.29, 0.717) is 5.69 Å². The van der Waals surface area contributed by atoms with Gasteiger partial charge in [0, 0.05) is 12.6 Å². The summed E-state index contributed by atoms with van der Waals surface area (Å²) in [6.45, 7) is 3.91. The van der Waals surface area contributed by atoms with Crippen LogP contribution in [0.3, 0.4) is 0 Å². The van der Waals surface area contributed by atoms with E-state index in [-0.39, 0.29) is 23.9 Å². The lowest BCUT2D eigenvalue weighted by atomic mass is 10.2. The van der Waals surface area contributed by atoms with Crippen molar-refractivity contribution in [3.05, 3.63) is 41.6 Å². The second-order valence-electron chi connectivity index (χ2n) is 5.13. The first kappa shape index (κ1) is 14.6. The van der Waals surface area contributed by atoms with Crippen LogP contribution >= 0.6 is 0 Å². The molecule has 1 fully saturated rings. The number of anilines is 1. The van der Waals surface area contributed by atoms with Crippen molar-refractivity contribution in [2.75, 3.05) is 18.0 Å². The number of amides is 2. The Kier molecular flexibility index (Phi) is 3.40. The molecule has 0 spiro atoms. The van der Waals surface area contributed by atoms with Crippen LogP contribution in [0.1, 0.15) is 11.3 Å². The van der Waals surface area contributed by atoms with Gasteiger partial charge in [-0.1, -0.05) is 22.9 Å². The smallest absolute Gasteiger partial charge is 0.338 e. The quantitative estimate of drug-likeness (QED) is 0.862. The number of rotatable bonds is 3. The average Bonchev–Trinajstić information content (AvgIpc) is 3.05. The van der Waals surface area contributed by atoms with Gasteiger partial charge in [0.15, 0.2) is 0 Å². The van der Waals surface area contributed by atoms with Crippen LogP contribution in [0.15, 0.2) is 39.8 Å². The molecule has 0 radical (unpaired) electrons. The molecular weight excluding hydrogens is 306 g/mol. The minimum atomic E-state index is -3.86. The van der Waals surface area contributed by atoms with Gasteiger partial charge in [-0.15, -0.1) is 0 Å². The van der Waals surface area contributed by atoms with Crippen molar-refractivity contribution in [2.24, 2.45) is 0 Å². The maximum absolute atomic E-state index is 12.6. The van der Waals surface area contributed by atoms with Crippen LogP contribution in [-0.4, -0.2) is 37.0 Å². The molecule has 8 heteroatoms. The third kappa shape index (κ3) is 2.35. The summed E-state index contributed by atoms with van der Waals surface area (Å²) in [5.74, 6) is 0.254. The number of sulfonamides is 1. The summed E-state index contributed by atoms with van der Waals surface area (Å²) in [5.41, 5.74) is 1.58. The normalized spacial score (nSPS) is 15.6. The second kappa shape index (κ2) is 5.13. The van der Waals surface area contributed by atoms with E-state index < -0.39 is 16.1 Å². The molecule has 3 rings (SSSR count). The number of benzene rings is 1. The first-order chi connectivity index (χ1) is 10.4. The molecule has 1 aromatic heterocycles. The molecule has 0 unspecified atom stereocenters. The van der Waals surface area contributed by atoms with Gasteiger partial charge in [0.25, 0.3) is 10.0 Å². The number of carbonyl (C=O) groups excluding carboxylic acids is 1. The fourth-order valence-corrected chi connectivity index (χ4v) is 3.62. The molecule has 0 aliphatic carbocycles. The van der Waals surface area contributed by atoms with Gasteiger partial charge in [-0.3, -0.25) is 4.90 Å². The second-order valence-corrected chi connectivity index (χ2v) is 6.99. The fourth-order valence-electron chi connectivity index (χ4n) is 2.26. The van der Waals surface area contributed by atoms with E-state index >= 15 is 0 Å². The Morgan fingerprint density at radius 2 is 1.82 bits per heavy atom. The number of carbonyl (C=O) groups is 1. The SMILES string of the molecule is Cc1ccc(S(=O)(=O)N2CCN(c3cc(C)no3)C2=O)cc1. The van der Waals surface area contributed by atoms with Crippen LogP contribution in [0, 0.1) is 13.8 Å². The summed E-state index contributed by atoms with van der Waals surface area (Å²) in [6, 6.07) is 7.37. The lowest BCUT2D eigenvalue weighted by Gasteiger charge is -2.17. The third-order valence-corrected chi connectivity index (χ3v) is 5.25. The Morgan fingerprint density at radius 1 is 1.14 bits per heavy atom. The molecule has 1 saturated heterocycles. The molecular formula is C14H15N3O4S. The largest absolute Gasteiger partial charge is 0.340 e. The van der Waals surface area contributed by atoms with Crippen LogP contribution in [0.2, 0.25) is 0 Å². The van der Waals surface area contributed by atoms with Gasteiger partial charge in [-0.2, -0.15) is 0 Å². The van der Waals surface area contributed by atoms with E-state index in [1.54, 1.807) is 25.1 Å². The van der Waals surface area contributed by atoms with Gasteiger partial charge >= 0.3 is 6.03 Å². The van der Waals surface area contributed by atoms with Crippen molar-refractivity contribution in [3.8, 4) is 0 Å². The van der Waals surface area contributed by atoms with Gasteiger partial charge < -0.3 is 4.52 Å². The Morgan fingerprint density at radius 3 is 2.41 bits per heavy atom. The molecule has 1 aliphatic heterocycles. The highest BCUT2D eigenvalue weighted by Gasteiger charge is 2.39. The Hall–Kier alpha value is -2.35. The Labute approximate surface area is 128 Å². The van der Waals surface area contributed by atoms with E-state index in [0.717, 1.165) is 9.87 Å². The molecule has 0 atom stereocenters. The summed E-state index contributed by atoms with van der Waals surface area (Å²) in [4.78, 5) is 13.8. The molecule has 0 saturated carbocycles. The van der Waals surface area contributed by atoms with Gasteiger partial charge in [-0.05, 0) is 26.0 Å². The first-order valence-electron chi connectivity index (χ1n) is 6.74. The topological polar surface area (TPSA) is 83.7 Å². The highest BCUT2D eigenvalue weighted by Crippen LogP contribution is 2.26. The van der Waals surface area contributed by atoms with Gasteiger partial charge in [0.05, 0.1) is 17.1 Å². The van der Waals surface area contributed by atoms with Crippen molar-refractivity contribution >= 4 is 21.9 Å². The van der Waals surface area contributed by atoms with Crippen molar-refractivity contribution in [1.29, 1.82) is 0 Å². The average molecular weight is 321 g/mol. The number of aromatic nitrogens is 1. The van der Waals surface area contributed by atoms with Crippen LogP contribution in [-0.2, 0) is 10.0 Å². The van der Waals surface area contributed by atoms with Gasteiger partial charge in [0.2, 0.25) is 5.88 Å². The van der Waals surface area contributed by atoms with Gasteiger partial charge in [0.1, 0.15) is 0 Å². The summed E-state index contributed by atoms with van der Waals surface area (Å²) in [7, 11) is -3.86. The van der Waals surface area contributed by atoms with E-state index in [4.69, 9.17) is 4.52 Å². The zero-order chi connectivity index (χ0) is 15.9. The molecule has 2 heterocycles. The summed E-state index contributed by atoms with van der Waals surface area (Å²) < 4.78 is 31.0. The van der Waals surface area contributed by atoms with Crippen LogP contribution in [0.5, 0.6) is 0 Å². The molecule has 0 N–H and O–H groups in total. The van der Waals surface area contributed by atoms with Crippen molar-refractivity contribution in [2.45, 2.75) is 18.7 Å². The molecule has 116 valence electrons. The molecule has 1 aliphatic rings. The number of nitrogens with zero attached hydrogens (tertiary/aromatic N) is 3. The van der Waals surface area contributed by atoms with E-state index in [2.05, 4.69) is 5.16 Å². The first-order valence-corrected chi connectivity index (χ1v) is 8.18. The fraction of sp³-hybridized carbons (Fsp3) is 0.286. The lowest BCUT2D eigenvalue weighted by molar-refractivity contribution is 0.238. The van der Waals surface area contributed by atoms with Crippen molar-refractivity contribution < 1.29 is 17.7 Å². The summed E-state index contributed by atoms with van der Waals surface area (Å²) in [5, 5.41) is 3.71. The molecule has 7 nitrogen and oxygen atoms in total. The van der Waals surface area contributed by atoms with Crippen molar-refractivity contribution in [3.63, 3.8) is 0 Å². The minimum absolute atomic E-state index is 0.0782. The Bertz CT molecular complexity index is 811. The molecule has 0 bridgehead atoms. The van der Waals surface area contributed by atoms with E-state index in [1.807, 2.05) is 6.92 Å².